The summed E-state index contributed by atoms with van der Waals surface area (Å²) in [5.41, 5.74) is 2.32. The van der Waals surface area contributed by atoms with E-state index in [1.807, 2.05) is 11.0 Å². The van der Waals surface area contributed by atoms with Gasteiger partial charge in [0.15, 0.2) is 0 Å². The Morgan fingerprint density at radius 3 is 2.72 bits per heavy atom. The summed E-state index contributed by atoms with van der Waals surface area (Å²) in [6, 6.07) is 11.4. The van der Waals surface area contributed by atoms with Crippen LogP contribution in [-0.4, -0.2) is 43.1 Å². The van der Waals surface area contributed by atoms with Gasteiger partial charge in [-0.25, -0.2) is 4.39 Å². The zero-order valence-electron chi connectivity index (χ0n) is 18.5. The molecule has 0 aromatic heterocycles. The highest BCUT2D eigenvalue weighted by Crippen LogP contribution is 2.38. The molecule has 0 aliphatic carbocycles. The van der Waals surface area contributed by atoms with Gasteiger partial charge in [-0.2, -0.15) is 0 Å². The van der Waals surface area contributed by atoms with Gasteiger partial charge >= 0.3 is 0 Å². The van der Waals surface area contributed by atoms with Gasteiger partial charge in [0.25, 0.3) is 5.69 Å². The first kappa shape index (κ1) is 22.0. The van der Waals surface area contributed by atoms with E-state index in [1.54, 1.807) is 24.3 Å². The number of hydrogen-bond acceptors (Lipinski definition) is 5. The standard InChI is InChI=1S/C24H29FN4O3/c1-16(2)9-10-26-24(30)19-14-17-13-18(29(31)32)7-8-21(17)28-12-11-27(15-23(19)28)22-6-4-3-5-20(22)25/h3-8,13,16,19,23H,9-12,14-15H2,1-2H3,(H,26,30). The Morgan fingerprint density at radius 1 is 1.22 bits per heavy atom. The van der Waals surface area contributed by atoms with Gasteiger partial charge in [-0.15, -0.1) is 0 Å². The monoisotopic (exact) mass is 440 g/mol. The summed E-state index contributed by atoms with van der Waals surface area (Å²) in [6.45, 7) is 6.54. The molecule has 2 heterocycles. The molecule has 4 rings (SSSR count). The minimum atomic E-state index is -0.403. The van der Waals surface area contributed by atoms with Crippen LogP contribution in [0.5, 0.6) is 0 Å². The molecule has 2 aliphatic rings. The van der Waals surface area contributed by atoms with Gasteiger partial charge in [0, 0.05) is 44.0 Å². The molecule has 8 heteroatoms. The van der Waals surface area contributed by atoms with Crippen molar-refractivity contribution in [2.45, 2.75) is 32.7 Å². The average molecular weight is 441 g/mol. The minimum Gasteiger partial charge on any atom is -0.365 e. The molecular formula is C24H29FN4O3. The number of para-hydroxylation sites is 1. The first-order valence-electron chi connectivity index (χ1n) is 11.2. The molecule has 2 aromatic carbocycles. The lowest BCUT2D eigenvalue weighted by molar-refractivity contribution is -0.384. The van der Waals surface area contributed by atoms with Gasteiger partial charge in [-0.3, -0.25) is 14.9 Å². The normalized spacial score (nSPS) is 20.0. The van der Waals surface area contributed by atoms with E-state index in [0.717, 1.165) is 17.7 Å². The van der Waals surface area contributed by atoms with Crippen LogP contribution in [0.4, 0.5) is 21.5 Å². The highest BCUT2D eigenvalue weighted by atomic mass is 19.1. The molecule has 2 atom stereocenters. The molecular weight excluding hydrogens is 411 g/mol. The van der Waals surface area contributed by atoms with Crippen LogP contribution in [0.25, 0.3) is 0 Å². The number of halogens is 1. The number of anilines is 2. The summed E-state index contributed by atoms with van der Waals surface area (Å²) in [4.78, 5) is 28.3. The molecule has 0 saturated carbocycles. The van der Waals surface area contributed by atoms with Crippen LogP contribution >= 0.6 is 0 Å². The third-order valence-corrected chi connectivity index (χ3v) is 6.46. The Kier molecular flexibility index (Phi) is 6.30. The van der Waals surface area contributed by atoms with E-state index in [4.69, 9.17) is 0 Å². The number of fused-ring (bicyclic) bond motifs is 3. The van der Waals surface area contributed by atoms with Crippen molar-refractivity contribution in [2.24, 2.45) is 11.8 Å². The third-order valence-electron chi connectivity index (χ3n) is 6.46. The fourth-order valence-corrected chi connectivity index (χ4v) is 4.77. The molecule has 0 radical (unpaired) electrons. The van der Waals surface area contributed by atoms with E-state index in [0.29, 0.717) is 44.2 Å². The predicted octanol–water partition coefficient (Wildman–Crippen LogP) is 3.76. The molecule has 32 heavy (non-hydrogen) atoms. The van der Waals surface area contributed by atoms with Crippen molar-refractivity contribution in [2.75, 3.05) is 36.0 Å². The van der Waals surface area contributed by atoms with Crippen LogP contribution in [0.3, 0.4) is 0 Å². The number of benzene rings is 2. The molecule has 1 fully saturated rings. The van der Waals surface area contributed by atoms with Crippen molar-refractivity contribution < 1.29 is 14.1 Å². The lowest BCUT2D eigenvalue weighted by atomic mass is 9.83. The molecule has 2 unspecified atom stereocenters. The molecule has 1 amide bonds. The molecule has 7 nitrogen and oxygen atoms in total. The summed E-state index contributed by atoms with van der Waals surface area (Å²) in [5, 5.41) is 14.4. The zero-order valence-corrected chi connectivity index (χ0v) is 18.5. The number of non-ortho nitro benzene ring substituents is 1. The Balaban J connectivity index is 1.64. The topological polar surface area (TPSA) is 78.7 Å². The maximum Gasteiger partial charge on any atom is 0.269 e. The van der Waals surface area contributed by atoms with Crippen LogP contribution in [0.1, 0.15) is 25.8 Å². The first-order chi connectivity index (χ1) is 15.3. The van der Waals surface area contributed by atoms with Crippen LogP contribution < -0.4 is 15.1 Å². The van der Waals surface area contributed by atoms with Gasteiger partial charge < -0.3 is 15.1 Å². The summed E-state index contributed by atoms with van der Waals surface area (Å²) >= 11 is 0. The molecule has 1 N–H and O–H groups in total. The first-order valence-corrected chi connectivity index (χ1v) is 11.2. The molecule has 0 spiro atoms. The number of piperazine rings is 1. The van der Waals surface area contributed by atoms with Crippen molar-refractivity contribution in [1.82, 2.24) is 5.32 Å². The summed E-state index contributed by atoms with van der Waals surface area (Å²) < 4.78 is 14.5. The highest BCUT2D eigenvalue weighted by molar-refractivity contribution is 5.82. The van der Waals surface area contributed by atoms with Crippen LogP contribution in [0.2, 0.25) is 0 Å². The second-order valence-electron chi connectivity index (χ2n) is 9.01. The van der Waals surface area contributed by atoms with E-state index in [-0.39, 0.29) is 29.4 Å². The number of hydrogen-bond donors (Lipinski definition) is 1. The number of nitro benzene ring substituents is 1. The van der Waals surface area contributed by atoms with Crippen LogP contribution in [0, 0.1) is 27.8 Å². The highest BCUT2D eigenvalue weighted by Gasteiger charge is 2.42. The lowest BCUT2D eigenvalue weighted by Crippen LogP contribution is -2.61. The number of carbonyl (C=O) groups is 1. The van der Waals surface area contributed by atoms with E-state index < -0.39 is 4.92 Å². The van der Waals surface area contributed by atoms with Crippen molar-refractivity contribution >= 4 is 23.0 Å². The van der Waals surface area contributed by atoms with Crippen molar-refractivity contribution in [3.63, 3.8) is 0 Å². The van der Waals surface area contributed by atoms with E-state index >= 15 is 0 Å². The quantitative estimate of drug-likeness (QED) is 0.547. The molecule has 170 valence electrons. The number of nitrogens with one attached hydrogen (secondary N) is 1. The maximum absolute atomic E-state index is 14.5. The summed E-state index contributed by atoms with van der Waals surface area (Å²) in [6.07, 6.45) is 1.31. The van der Waals surface area contributed by atoms with Crippen LogP contribution in [-0.2, 0) is 11.2 Å². The third kappa shape index (κ3) is 4.40. The molecule has 2 aliphatic heterocycles. The van der Waals surface area contributed by atoms with Crippen molar-refractivity contribution in [3.8, 4) is 0 Å². The summed E-state index contributed by atoms with van der Waals surface area (Å²) in [7, 11) is 0. The Labute approximate surface area is 187 Å². The van der Waals surface area contributed by atoms with Crippen molar-refractivity contribution in [3.05, 3.63) is 64.0 Å². The average Bonchev–Trinajstić information content (AvgIpc) is 2.77. The number of amides is 1. The number of carbonyl (C=O) groups excluding carboxylic acids is 1. The Morgan fingerprint density at radius 2 is 2.00 bits per heavy atom. The Hall–Kier alpha value is -3.16. The smallest absolute Gasteiger partial charge is 0.269 e. The van der Waals surface area contributed by atoms with Crippen LogP contribution in [0.15, 0.2) is 42.5 Å². The van der Waals surface area contributed by atoms with Gasteiger partial charge in [0.1, 0.15) is 5.82 Å². The number of rotatable bonds is 6. The fourth-order valence-electron chi connectivity index (χ4n) is 4.77. The van der Waals surface area contributed by atoms with E-state index in [2.05, 4.69) is 24.1 Å². The minimum absolute atomic E-state index is 0.0335. The molecule has 2 aromatic rings. The molecule has 1 saturated heterocycles. The van der Waals surface area contributed by atoms with Gasteiger partial charge in [-0.05, 0) is 42.5 Å². The second-order valence-corrected chi connectivity index (χ2v) is 9.01. The largest absolute Gasteiger partial charge is 0.365 e. The number of nitrogens with zero attached hydrogens (tertiary/aromatic N) is 3. The van der Waals surface area contributed by atoms with Crippen molar-refractivity contribution in [1.29, 1.82) is 0 Å². The number of nitro groups is 1. The second kappa shape index (κ2) is 9.14. The molecule has 0 bridgehead atoms. The van der Waals surface area contributed by atoms with Gasteiger partial charge in [0.2, 0.25) is 5.91 Å². The SMILES string of the molecule is CC(C)CCNC(=O)C1Cc2cc([N+](=O)[O-])ccc2N2CCN(c3ccccc3F)CC12. The van der Waals surface area contributed by atoms with E-state index in [9.17, 15) is 19.3 Å². The van der Waals surface area contributed by atoms with Gasteiger partial charge in [0.05, 0.1) is 22.6 Å². The maximum atomic E-state index is 14.5. The predicted molar refractivity (Wildman–Crippen MR) is 123 cm³/mol. The Bertz CT molecular complexity index is 1010. The zero-order chi connectivity index (χ0) is 22.8. The lowest BCUT2D eigenvalue weighted by Gasteiger charge is -2.49. The van der Waals surface area contributed by atoms with E-state index in [1.165, 1.54) is 12.1 Å². The summed E-state index contributed by atoms with van der Waals surface area (Å²) in [5.74, 6) is -0.210. The fraction of sp³-hybridized carbons (Fsp3) is 0.458. The van der Waals surface area contributed by atoms with Gasteiger partial charge in [-0.1, -0.05) is 26.0 Å².